The van der Waals surface area contributed by atoms with Crippen LogP contribution in [0.3, 0.4) is 0 Å². The Kier molecular flexibility index (Phi) is 4.52. The molecule has 0 bridgehead atoms. The predicted molar refractivity (Wildman–Crippen MR) is 79.3 cm³/mol. The topological polar surface area (TPSA) is 70.3 Å². The first-order chi connectivity index (χ1) is 9.92. The molecular formula is C15H15NO4S. The fourth-order valence-corrected chi connectivity index (χ4v) is 2.13. The molecule has 0 aliphatic rings. The molecule has 0 saturated carbocycles. The van der Waals surface area contributed by atoms with Gasteiger partial charge in [-0.15, -0.1) is 0 Å². The van der Waals surface area contributed by atoms with E-state index in [1.54, 1.807) is 0 Å². The van der Waals surface area contributed by atoms with E-state index in [0.29, 0.717) is 0 Å². The highest BCUT2D eigenvalue weighted by molar-refractivity contribution is 7.80. The van der Waals surface area contributed by atoms with Gasteiger partial charge in [0.05, 0.1) is 7.11 Å². The smallest absolute Gasteiger partial charge is 0.217 e. The van der Waals surface area contributed by atoms with E-state index in [1.807, 2.05) is 0 Å². The molecule has 21 heavy (non-hydrogen) atoms. The third kappa shape index (κ3) is 3.75. The fraction of sp³-hybridized carbons (Fsp3) is 0.133. The molecule has 0 amide bonds. The predicted octanol–water partition coefficient (Wildman–Crippen LogP) is 1.91. The number of aryl methyl sites for hydroxylation is 1. The van der Waals surface area contributed by atoms with Crippen molar-refractivity contribution in [2.24, 2.45) is 7.05 Å². The summed E-state index contributed by atoms with van der Waals surface area (Å²) in [5, 5.41) is 2.58. The van der Waals surface area contributed by atoms with Gasteiger partial charge in [-0.25, -0.2) is 8.42 Å². The van der Waals surface area contributed by atoms with Crippen molar-refractivity contribution in [2.75, 3.05) is 7.11 Å². The Morgan fingerprint density at radius 3 is 1.71 bits per heavy atom. The van der Waals surface area contributed by atoms with Crippen LogP contribution in [0.25, 0.3) is 21.8 Å². The Balaban J connectivity index is 0.000000232. The molecule has 0 aliphatic heterocycles. The fourth-order valence-electron chi connectivity index (χ4n) is 2.13. The zero-order valence-corrected chi connectivity index (χ0v) is 12.5. The number of fused-ring (bicyclic) bond motifs is 2. The molecule has 0 unspecified atom stereocenters. The van der Waals surface area contributed by atoms with Gasteiger partial charge in [0.2, 0.25) is 21.4 Å². The molecular weight excluding hydrogens is 290 g/mol. The highest BCUT2D eigenvalue weighted by Crippen LogP contribution is 2.16. The standard InChI is InChI=1S/C14H12N.CH4O4S/c1-15-13-8-4-2-6-11(13)10-12-7-3-5-9-14(12)15;1-5-6(2,3)4/h2-10H,1H3;1H3,(H,2,3,4)/q+1;/p-1. The zero-order chi connectivity index (χ0) is 15.5. The van der Waals surface area contributed by atoms with Crippen molar-refractivity contribution in [3.8, 4) is 0 Å². The van der Waals surface area contributed by atoms with Crippen molar-refractivity contribution in [1.29, 1.82) is 0 Å². The second-order valence-electron chi connectivity index (χ2n) is 4.40. The van der Waals surface area contributed by atoms with Crippen LogP contribution in [-0.4, -0.2) is 20.1 Å². The molecule has 3 aromatic rings. The maximum atomic E-state index is 9.22. The van der Waals surface area contributed by atoms with Crippen LogP contribution in [0.5, 0.6) is 0 Å². The highest BCUT2D eigenvalue weighted by atomic mass is 32.3. The van der Waals surface area contributed by atoms with Gasteiger partial charge < -0.3 is 4.55 Å². The number of hydrogen-bond acceptors (Lipinski definition) is 4. The van der Waals surface area contributed by atoms with Gasteiger partial charge in [-0.05, 0) is 18.2 Å². The van der Waals surface area contributed by atoms with Crippen LogP contribution in [0.4, 0.5) is 0 Å². The number of para-hydroxylation sites is 2. The van der Waals surface area contributed by atoms with Gasteiger partial charge in [-0.1, -0.05) is 24.3 Å². The van der Waals surface area contributed by atoms with Gasteiger partial charge >= 0.3 is 0 Å². The van der Waals surface area contributed by atoms with Gasteiger partial charge in [0.1, 0.15) is 7.05 Å². The number of aromatic nitrogens is 1. The molecule has 0 fully saturated rings. The molecule has 110 valence electrons. The van der Waals surface area contributed by atoms with E-state index in [2.05, 4.69) is 70.4 Å². The zero-order valence-electron chi connectivity index (χ0n) is 11.7. The maximum Gasteiger partial charge on any atom is 0.217 e. The number of benzene rings is 2. The molecule has 0 spiro atoms. The van der Waals surface area contributed by atoms with E-state index in [1.165, 1.54) is 21.8 Å². The van der Waals surface area contributed by atoms with Crippen LogP contribution in [0, 0.1) is 0 Å². The van der Waals surface area contributed by atoms with Crippen molar-refractivity contribution in [3.63, 3.8) is 0 Å². The van der Waals surface area contributed by atoms with Crippen LogP contribution in [0.1, 0.15) is 0 Å². The normalized spacial score (nSPS) is 11.2. The molecule has 1 heterocycles. The minimum absolute atomic E-state index is 0.808. The first kappa shape index (κ1) is 15.4. The molecule has 6 heteroatoms. The molecule has 2 aromatic carbocycles. The average Bonchev–Trinajstić information content (AvgIpc) is 2.48. The molecule has 3 rings (SSSR count). The van der Waals surface area contributed by atoms with E-state index < -0.39 is 10.4 Å². The molecule has 0 N–H and O–H groups in total. The SMILES string of the molecule is COS(=O)(=O)[O-].C[n+]1c2ccccc2cc2ccccc21. The number of rotatable bonds is 1. The van der Waals surface area contributed by atoms with Gasteiger partial charge in [0.15, 0.2) is 0 Å². The van der Waals surface area contributed by atoms with Crippen LogP contribution < -0.4 is 4.57 Å². The lowest BCUT2D eigenvalue weighted by Crippen LogP contribution is -2.29. The summed E-state index contributed by atoms with van der Waals surface area (Å²) in [6.45, 7) is 0. The van der Waals surface area contributed by atoms with Crippen molar-refractivity contribution in [3.05, 3.63) is 54.6 Å². The largest absolute Gasteiger partial charge is 0.726 e. The van der Waals surface area contributed by atoms with E-state index in [4.69, 9.17) is 0 Å². The average molecular weight is 305 g/mol. The Labute approximate surface area is 123 Å². The first-order valence-electron chi connectivity index (χ1n) is 6.20. The monoisotopic (exact) mass is 305 g/mol. The molecule has 0 radical (unpaired) electrons. The lowest BCUT2D eigenvalue weighted by Gasteiger charge is -2.00. The Morgan fingerprint density at radius 1 is 0.952 bits per heavy atom. The maximum absolute atomic E-state index is 9.22. The Hall–Kier alpha value is -2.02. The van der Waals surface area contributed by atoms with Crippen LogP contribution in [0.15, 0.2) is 54.6 Å². The minimum atomic E-state index is -4.41. The summed E-state index contributed by atoms with van der Waals surface area (Å²) >= 11 is 0. The van der Waals surface area contributed by atoms with Crippen molar-refractivity contribution >= 4 is 32.2 Å². The van der Waals surface area contributed by atoms with Crippen molar-refractivity contribution in [2.45, 2.75) is 0 Å². The van der Waals surface area contributed by atoms with Gasteiger partial charge in [-0.3, -0.25) is 4.18 Å². The summed E-state index contributed by atoms with van der Waals surface area (Å²) < 4.78 is 33.3. The van der Waals surface area contributed by atoms with Gasteiger partial charge in [-0.2, -0.15) is 4.57 Å². The third-order valence-electron chi connectivity index (χ3n) is 3.11. The summed E-state index contributed by atoms with van der Waals surface area (Å²) in [6.07, 6.45) is 0. The van der Waals surface area contributed by atoms with E-state index in [0.717, 1.165) is 7.11 Å². The molecule has 1 aromatic heterocycles. The number of pyridine rings is 1. The third-order valence-corrected chi connectivity index (χ3v) is 3.52. The Bertz CT molecular complexity index is 821. The van der Waals surface area contributed by atoms with E-state index in [-0.39, 0.29) is 0 Å². The van der Waals surface area contributed by atoms with E-state index in [9.17, 15) is 13.0 Å². The van der Waals surface area contributed by atoms with Gasteiger partial charge in [0, 0.05) is 22.9 Å². The van der Waals surface area contributed by atoms with Gasteiger partial charge in [0.25, 0.3) is 0 Å². The lowest BCUT2D eigenvalue weighted by atomic mass is 10.1. The quantitative estimate of drug-likeness (QED) is 0.298. The lowest BCUT2D eigenvalue weighted by molar-refractivity contribution is -0.617. The summed E-state index contributed by atoms with van der Waals surface area (Å²) in [6, 6.07) is 19.2. The molecule has 0 aliphatic carbocycles. The minimum Gasteiger partial charge on any atom is -0.726 e. The summed E-state index contributed by atoms with van der Waals surface area (Å²) in [5.41, 5.74) is 2.55. The highest BCUT2D eigenvalue weighted by Gasteiger charge is 2.09. The summed E-state index contributed by atoms with van der Waals surface area (Å²) in [4.78, 5) is 0. The summed E-state index contributed by atoms with van der Waals surface area (Å²) in [5.74, 6) is 0. The molecule has 5 nitrogen and oxygen atoms in total. The Morgan fingerprint density at radius 2 is 1.33 bits per heavy atom. The second-order valence-corrected chi connectivity index (χ2v) is 5.55. The second kappa shape index (κ2) is 6.17. The van der Waals surface area contributed by atoms with E-state index >= 15 is 0 Å². The van der Waals surface area contributed by atoms with Crippen molar-refractivity contribution < 1.29 is 21.7 Å². The molecule has 0 atom stereocenters. The summed E-state index contributed by atoms with van der Waals surface area (Å²) in [7, 11) is -1.49. The number of nitrogens with zero attached hydrogens (tertiary/aromatic N) is 1. The van der Waals surface area contributed by atoms with Crippen molar-refractivity contribution in [1.82, 2.24) is 0 Å². The van der Waals surface area contributed by atoms with Crippen LogP contribution in [-0.2, 0) is 21.6 Å². The van der Waals surface area contributed by atoms with Crippen LogP contribution in [0.2, 0.25) is 0 Å². The van der Waals surface area contributed by atoms with Crippen LogP contribution >= 0.6 is 0 Å². The molecule has 0 saturated heterocycles. The number of hydrogen-bond donors (Lipinski definition) is 0. The first-order valence-corrected chi connectivity index (χ1v) is 7.53.